The SMILES string of the molecule is CC(C)(Sc1cnc(NC(=O)N(CCCSc2ccccc2OC(F)(F)F)[C@H]2CC[C@H](C)CC2)s1)C(=O)O. The number of aliphatic carboxylic acids is 1. The molecule has 1 heterocycles. The van der Waals surface area contributed by atoms with E-state index in [-0.39, 0.29) is 17.8 Å². The smallest absolute Gasteiger partial charge is 0.480 e. The summed E-state index contributed by atoms with van der Waals surface area (Å²) in [7, 11) is 0. The molecule has 1 fully saturated rings. The van der Waals surface area contributed by atoms with E-state index in [0.717, 1.165) is 25.7 Å². The standard InChI is InChI=1S/C25H32F3N3O4S3/c1-16-9-11-17(12-10-16)31(13-6-14-36-19-8-5-4-7-18(19)35-25(26,27)28)23(34)30-22-29-15-20(37-22)38-24(2,3)21(32)33/h4-5,7-8,15-17H,6,9-14H2,1-3H3,(H,32,33)(H,29,30,34)/t16-,17-. The van der Waals surface area contributed by atoms with Gasteiger partial charge >= 0.3 is 18.4 Å². The highest BCUT2D eigenvalue weighted by atomic mass is 32.2. The van der Waals surface area contributed by atoms with E-state index in [1.807, 2.05) is 0 Å². The lowest BCUT2D eigenvalue weighted by atomic mass is 9.86. The zero-order chi connectivity index (χ0) is 27.9. The molecule has 0 aliphatic heterocycles. The number of ether oxygens (including phenoxy) is 1. The van der Waals surface area contributed by atoms with Crippen molar-refractivity contribution in [1.82, 2.24) is 9.88 Å². The molecule has 210 valence electrons. The van der Waals surface area contributed by atoms with Crippen LogP contribution in [0.2, 0.25) is 0 Å². The lowest BCUT2D eigenvalue weighted by Crippen LogP contribution is -2.45. The lowest BCUT2D eigenvalue weighted by molar-refractivity contribution is -0.275. The number of thiazole rings is 1. The van der Waals surface area contributed by atoms with Crippen LogP contribution in [0, 0.1) is 5.92 Å². The summed E-state index contributed by atoms with van der Waals surface area (Å²) in [5, 5.41) is 12.6. The van der Waals surface area contributed by atoms with E-state index >= 15 is 0 Å². The van der Waals surface area contributed by atoms with Crippen LogP contribution in [0.1, 0.15) is 52.9 Å². The zero-order valence-electron chi connectivity index (χ0n) is 21.4. The van der Waals surface area contributed by atoms with Gasteiger partial charge in [-0.1, -0.05) is 42.2 Å². The normalized spacial score (nSPS) is 18.2. The monoisotopic (exact) mass is 591 g/mol. The van der Waals surface area contributed by atoms with Crippen LogP contribution in [-0.4, -0.2) is 56.4 Å². The Hall–Kier alpha value is -2.12. The average molecular weight is 592 g/mol. The topological polar surface area (TPSA) is 91.8 Å². The van der Waals surface area contributed by atoms with Crippen molar-refractivity contribution in [3.63, 3.8) is 0 Å². The van der Waals surface area contributed by atoms with Gasteiger partial charge in [-0.3, -0.25) is 10.1 Å². The highest BCUT2D eigenvalue weighted by Crippen LogP contribution is 2.38. The van der Waals surface area contributed by atoms with E-state index in [0.29, 0.717) is 38.9 Å². The van der Waals surface area contributed by atoms with Gasteiger partial charge in [0.2, 0.25) is 0 Å². The molecule has 0 bridgehead atoms. The number of anilines is 1. The third-order valence-corrected chi connectivity index (χ3v) is 9.47. The van der Waals surface area contributed by atoms with Gasteiger partial charge in [-0.05, 0) is 69.8 Å². The molecule has 1 aromatic carbocycles. The van der Waals surface area contributed by atoms with Crippen LogP contribution in [-0.2, 0) is 4.79 Å². The summed E-state index contributed by atoms with van der Waals surface area (Å²) in [4.78, 5) is 31.2. The van der Waals surface area contributed by atoms with Gasteiger partial charge in [0.1, 0.15) is 10.5 Å². The number of carbonyl (C=O) groups is 2. The molecule has 2 amide bonds. The Bertz CT molecular complexity index is 1090. The van der Waals surface area contributed by atoms with E-state index in [1.54, 1.807) is 37.1 Å². The molecule has 1 aliphatic carbocycles. The molecule has 2 N–H and O–H groups in total. The fraction of sp³-hybridized carbons (Fsp3) is 0.560. The van der Waals surface area contributed by atoms with Gasteiger partial charge in [0.25, 0.3) is 0 Å². The molecule has 1 aromatic heterocycles. The highest BCUT2D eigenvalue weighted by Gasteiger charge is 2.33. The number of nitrogens with one attached hydrogen (secondary N) is 1. The number of carboxylic acid groups (broad SMARTS) is 1. The van der Waals surface area contributed by atoms with Gasteiger partial charge in [-0.25, -0.2) is 9.78 Å². The molecule has 1 aliphatic rings. The predicted octanol–water partition coefficient (Wildman–Crippen LogP) is 7.59. The highest BCUT2D eigenvalue weighted by molar-refractivity contribution is 8.03. The number of aromatic nitrogens is 1. The number of alkyl halides is 3. The number of halogens is 3. The first-order valence-electron chi connectivity index (χ1n) is 12.3. The Balaban J connectivity index is 1.62. The summed E-state index contributed by atoms with van der Waals surface area (Å²) >= 11 is 3.65. The number of carbonyl (C=O) groups excluding carboxylic acids is 1. The Morgan fingerprint density at radius 2 is 1.89 bits per heavy atom. The summed E-state index contributed by atoms with van der Waals surface area (Å²) in [6.07, 6.45) is 1.18. The third kappa shape index (κ3) is 9.26. The number of rotatable bonds is 11. The molecule has 1 saturated carbocycles. The van der Waals surface area contributed by atoms with Crippen LogP contribution >= 0.6 is 34.9 Å². The molecular formula is C25H32F3N3O4S3. The Labute approximate surface area is 232 Å². The van der Waals surface area contributed by atoms with Crippen LogP contribution in [0.4, 0.5) is 23.1 Å². The van der Waals surface area contributed by atoms with Gasteiger partial charge < -0.3 is 14.7 Å². The number of hydrogen-bond donors (Lipinski definition) is 2. The van der Waals surface area contributed by atoms with Crippen molar-refractivity contribution < 1.29 is 32.6 Å². The van der Waals surface area contributed by atoms with Crippen LogP contribution in [0.3, 0.4) is 0 Å². The number of nitrogens with zero attached hydrogens (tertiary/aromatic N) is 2. The van der Waals surface area contributed by atoms with Gasteiger partial charge in [0.05, 0.1) is 10.4 Å². The van der Waals surface area contributed by atoms with Crippen LogP contribution in [0.15, 0.2) is 39.6 Å². The molecule has 2 aromatic rings. The van der Waals surface area contributed by atoms with Crippen molar-refractivity contribution in [3.8, 4) is 5.75 Å². The molecule has 0 radical (unpaired) electrons. The minimum Gasteiger partial charge on any atom is -0.480 e. The minimum atomic E-state index is -4.76. The van der Waals surface area contributed by atoms with Crippen molar-refractivity contribution in [2.45, 2.75) is 79.1 Å². The molecule has 0 saturated heterocycles. The first-order chi connectivity index (χ1) is 17.8. The number of hydrogen-bond acceptors (Lipinski definition) is 7. The first kappa shape index (κ1) is 30.4. The summed E-state index contributed by atoms with van der Waals surface area (Å²) in [6, 6.07) is 5.81. The molecule has 38 heavy (non-hydrogen) atoms. The lowest BCUT2D eigenvalue weighted by Gasteiger charge is -2.36. The van der Waals surface area contributed by atoms with Crippen LogP contribution in [0.25, 0.3) is 0 Å². The second kappa shape index (κ2) is 13.3. The zero-order valence-corrected chi connectivity index (χ0v) is 23.9. The molecule has 0 spiro atoms. The van der Waals surface area contributed by atoms with E-state index in [1.165, 1.54) is 47.0 Å². The van der Waals surface area contributed by atoms with Crippen molar-refractivity contribution in [3.05, 3.63) is 30.5 Å². The van der Waals surface area contributed by atoms with Crippen LogP contribution in [0.5, 0.6) is 5.75 Å². The molecule has 0 atom stereocenters. The largest absolute Gasteiger partial charge is 0.573 e. The van der Waals surface area contributed by atoms with Gasteiger partial charge in [-0.15, -0.1) is 24.9 Å². The molecule has 7 nitrogen and oxygen atoms in total. The summed E-state index contributed by atoms with van der Waals surface area (Å²) in [5.41, 5.74) is 0. The number of carboxylic acids is 1. The number of benzene rings is 1. The van der Waals surface area contributed by atoms with Crippen molar-refractivity contribution >= 4 is 52.0 Å². The summed E-state index contributed by atoms with van der Waals surface area (Å²) in [6.45, 7) is 5.86. The van der Waals surface area contributed by atoms with Gasteiger partial charge in [0.15, 0.2) is 5.13 Å². The fourth-order valence-electron chi connectivity index (χ4n) is 4.02. The molecular weight excluding hydrogens is 559 g/mol. The average Bonchev–Trinajstić information content (AvgIpc) is 3.25. The summed E-state index contributed by atoms with van der Waals surface area (Å²) in [5.74, 6) is -0.0602. The van der Waals surface area contributed by atoms with E-state index in [9.17, 15) is 27.9 Å². The van der Waals surface area contributed by atoms with E-state index in [2.05, 4.69) is 22.0 Å². The molecule has 0 unspecified atom stereocenters. The fourth-order valence-corrected chi connectivity index (χ4v) is 7.21. The maximum absolute atomic E-state index is 13.3. The van der Waals surface area contributed by atoms with Gasteiger partial charge in [-0.2, -0.15) is 0 Å². The Morgan fingerprint density at radius 1 is 1.21 bits per heavy atom. The maximum Gasteiger partial charge on any atom is 0.573 e. The molecule has 13 heteroatoms. The van der Waals surface area contributed by atoms with E-state index in [4.69, 9.17) is 0 Å². The van der Waals surface area contributed by atoms with Gasteiger partial charge in [0, 0.05) is 17.5 Å². The number of thioether (sulfide) groups is 2. The maximum atomic E-state index is 13.3. The quantitative estimate of drug-likeness (QED) is 0.205. The number of amides is 2. The Kier molecular flexibility index (Phi) is 10.6. The first-order valence-corrected chi connectivity index (χ1v) is 14.9. The molecule has 3 rings (SSSR count). The minimum absolute atomic E-state index is 0.0665. The second-order valence-corrected chi connectivity index (χ2v) is 13.7. The van der Waals surface area contributed by atoms with Crippen molar-refractivity contribution in [2.75, 3.05) is 17.6 Å². The Morgan fingerprint density at radius 3 is 2.55 bits per heavy atom. The third-order valence-electron chi connectivity index (χ3n) is 6.13. The van der Waals surface area contributed by atoms with Crippen molar-refractivity contribution in [1.29, 1.82) is 0 Å². The predicted molar refractivity (Wildman–Crippen MR) is 145 cm³/mol. The number of urea groups is 1. The van der Waals surface area contributed by atoms with Crippen LogP contribution < -0.4 is 10.1 Å². The van der Waals surface area contributed by atoms with Crippen molar-refractivity contribution in [2.24, 2.45) is 5.92 Å². The second-order valence-electron chi connectivity index (χ2n) is 9.64. The summed E-state index contributed by atoms with van der Waals surface area (Å²) < 4.78 is 41.9. The number of para-hydroxylation sites is 1. The van der Waals surface area contributed by atoms with E-state index < -0.39 is 17.1 Å².